The van der Waals surface area contributed by atoms with Gasteiger partial charge in [0, 0.05) is 10.7 Å². The lowest BCUT2D eigenvalue weighted by atomic mass is 10.3. The van der Waals surface area contributed by atoms with Gasteiger partial charge in [-0.3, -0.25) is 0 Å². The number of hydrogen-bond donors (Lipinski definition) is 3. The van der Waals surface area contributed by atoms with Gasteiger partial charge in [-0.05, 0) is 49.5 Å². The molecule has 1 aromatic heterocycles. The van der Waals surface area contributed by atoms with Gasteiger partial charge in [0.1, 0.15) is 5.82 Å². The van der Waals surface area contributed by atoms with Crippen LogP contribution in [0.1, 0.15) is 18.8 Å². The predicted molar refractivity (Wildman–Crippen MR) is 95.3 cm³/mol. The second-order valence-corrected chi connectivity index (χ2v) is 5.81. The summed E-state index contributed by atoms with van der Waals surface area (Å²) in [6, 6.07) is 15.3. The lowest BCUT2D eigenvalue weighted by Gasteiger charge is -2.15. The predicted octanol–water partition coefficient (Wildman–Crippen LogP) is 4.26. The Morgan fingerprint density at radius 1 is 1.23 bits per heavy atom. The van der Waals surface area contributed by atoms with Gasteiger partial charge in [0.2, 0.25) is 0 Å². The van der Waals surface area contributed by atoms with Gasteiger partial charge >= 0.3 is 0 Å². The minimum absolute atomic E-state index is 0.0356. The fraction of sp³-hybridized carbons (Fsp3) is 0.125. The van der Waals surface area contributed by atoms with Gasteiger partial charge in [-0.25, -0.2) is 4.98 Å². The van der Waals surface area contributed by atoms with Gasteiger partial charge in [-0.2, -0.15) is 0 Å². The molecule has 1 atom stereocenters. The number of halogens is 1. The molecular formula is C16H15ClN4S. The molecule has 2 aromatic carbocycles. The second kappa shape index (κ2) is 6.34. The largest absolute Gasteiger partial charge is 0.353 e. The van der Waals surface area contributed by atoms with Crippen LogP contribution in [-0.2, 0) is 0 Å². The van der Waals surface area contributed by atoms with Gasteiger partial charge < -0.3 is 15.6 Å². The number of imidazole rings is 1. The fourth-order valence-electron chi connectivity index (χ4n) is 2.18. The summed E-state index contributed by atoms with van der Waals surface area (Å²) in [6.45, 7) is 2.00. The maximum absolute atomic E-state index is 5.96. The summed E-state index contributed by atoms with van der Waals surface area (Å²) >= 11 is 11.3. The number of fused-ring (bicyclic) bond motifs is 1. The van der Waals surface area contributed by atoms with Crippen molar-refractivity contribution in [1.29, 1.82) is 0 Å². The van der Waals surface area contributed by atoms with Crippen LogP contribution < -0.4 is 10.6 Å². The first kappa shape index (κ1) is 14.8. The number of nitrogens with one attached hydrogen (secondary N) is 3. The summed E-state index contributed by atoms with van der Waals surface area (Å²) in [5.74, 6) is 0.844. The highest BCUT2D eigenvalue weighted by atomic mass is 35.5. The molecule has 0 aliphatic carbocycles. The summed E-state index contributed by atoms with van der Waals surface area (Å²) in [5.41, 5.74) is 2.81. The molecule has 1 unspecified atom stereocenters. The van der Waals surface area contributed by atoms with Crippen molar-refractivity contribution in [3.05, 3.63) is 59.4 Å². The molecule has 0 amide bonds. The normalized spacial score (nSPS) is 12.1. The molecule has 6 heteroatoms. The fourth-order valence-corrected chi connectivity index (χ4v) is 2.66. The van der Waals surface area contributed by atoms with Gasteiger partial charge in [-0.15, -0.1) is 0 Å². The molecule has 3 rings (SSSR count). The molecule has 0 radical (unpaired) electrons. The molecule has 0 fully saturated rings. The molecule has 0 spiro atoms. The molecule has 0 saturated carbocycles. The molecule has 0 saturated heterocycles. The van der Waals surface area contributed by atoms with E-state index in [-0.39, 0.29) is 6.04 Å². The highest BCUT2D eigenvalue weighted by molar-refractivity contribution is 7.80. The van der Waals surface area contributed by atoms with Gasteiger partial charge in [0.05, 0.1) is 17.1 Å². The van der Waals surface area contributed by atoms with Crippen LogP contribution in [0.5, 0.6) is 0 Å². The van der Waals surface area contributed by atoms with Crippen LogP contribution in [0.3, 0.4) is 0 Å². The summed E-state index contributed by atoms with van der Waals surface area (Å²) in [5, 5.41) is 7.51. The molecule has 0 bridgehead atoms. The van der Waals surface area contributed by atoms with Crippen LogP contribution in [-0.4, -0.2) is 15.1 Å². The third-order valence-corrected chi connectivity index (χ3v) is 3.70. The van der Waals surface area contributed by atoms with Crippen LogP contribution >= 0.6 is 23.8 Å². The number of thiocarbonyl (C=S) groups is 1. The zero-order valence-corrected chi connectivity index (χ0v) is 13.5. The van der Waals surface area contributed by atoms with Crippen molar-refractivity contribution in [3.63, 3.8) is 0 Å². The maximum atomic E-state index is 5.96. The van der Waals surface area contributed by atoms with Crippen LogP contribution in [0, 0.1) is 0 Å². The van der Waals surface area contributed by atoms with Crippen LogP contribution in [0.2, 0.25) is 5.02 Å². The maximum Gasteiger partial charge on any atom is 0.171 e. The van der Waals surface area contributed by atoms with E-state index in [9.17, 15) is 0 Å². The van der Waals surface area contributed by atoms with E-state index >= 15 is 0 Å². The minimum Gasteiger partial charge on any atom is -0.353 e. The van der Waals surface area contributed by atoms with Crippen molar-refractivity contribution in [2.75, 3.05) is 5.32 Å². The number of nitrogens with zero attached hydrogens (tertiary/aromatic N) is 1. The van der Waals surface area contributed by atoms with E-state index in [1.807, 2.05) is 55.5 Å². The molecule has 22 heavy (non-hydrogen) atoms. The number of anilines is 1. The number of benzene rings is 2. The van der Waals surface area contributed by atoms with E-state index in [1.165, 1.54) is 0 Å². The van der Waals surface area contributed by atoms with Crippen molar-refractivity contribution in [3.8, 4) is 0 Å². The highest BCUT2D eigenvalue weighted by Gasteiger charge is 2.11. The Balaban J connectivity index is 1.68. The monoisotopic (exact) mass is 330 g/mol. The summed E-state index contributed by atoms with van der Waals surface area (Å²) in [7, 11) is 0. The van der Waals surface area contributed by atoms with Crippen LogP contribution in [0.4, 0.5) is 5.69 Å². The number of H-pyrrole nitrogens is 1. The number of rotatable bonds is 3. The molecule has 3 N–H and O–H groups in total. The van der Waals surface area contributed by atoms with E-state index in [4.69, 9.17) is 23.8 Å². The van der Waals surface area contributed by atoms with E-state index in [2.05, 4.69) is 20.6 Å². The lowest BCUT2D eigenvalue weighted by molar-refractivity contribution is 0.680. The van der Waals surface area contributed by atoms with Crippen LogP contribution in [0.25, 0.3) is 11.0 Å². The van der Waals surface area contributed by atoms with E-state index < -0.39 is 0 Å². The highest BCUT2D eigenvalue weighted by Crippen LogP contribution is 2.17. The Kier molecular flexibility index (Phi) is 4.27. The molecule has 4 nitrogen and oxygen atoms in total. The van der Waals surface area contributed by atoms with E-state index in [0.717, 1.165) is 22.5 Å². The van der Waals surface area contributed by atoms with Crippen molar-refractivity contribution in [2.45, 2.75) is 13.0 Å². The molecule has 0 aliphatic rings. The molecule has 112 valence electrons. The van der Waals surface area contributed by atoms with Crippen LogP contribution in [0.15, 0.2) is 48.5 Å². The standard InChI is InChI=1S/C16H15ClN4S/c1-10(15-20-13-7-2-3-8-14(13)21-15)18-16(22)19-12-6-4-5-11(17)9-12/h2-10H,1H3,(H,20,21)(H2,18,19,22). The minimum atomic E-state index is -0.0356. The Morgan fingerprint density at radius 2 is 2.05 bits per heavy atom. The van der Waals surface area contributed by atoms with Crippen molar-refractivity contribution in [2.24, 2.45) is 0 Å². The number of aromatic amines is 1. The Labute approximate surface area is 138 Å². The van der Waals surface area contributed by atoms with E-state index in [1.54, 1.807) is 0 Å². The third-order valence-electron chi connectivity index (χ3n) is 3.25. The first-order chi connectivity index (χ1) is 10.6. The third kappa shape index (κ3) is 3.37. The average molecular weight is 331 g/mol. The smallest absolute Gasteiger partial charge is 0.171 e. The topological polar surface area (TPSA) is 52.7 Å². The Bertz CT molecular complexity index is 782. The molecule has 0 aliphatic heterocycles. The van der Waals surface area contributed by atoms with Crippen molar-refractivity contribution < 1.29 is 0 Å². The average Bonchev–Trinajstić information content (AvgIpc) is 2.91. The number of para-hydroxylation sites is 2. The summed E-state index contributed by atoms with van der Waals surface area (Å²) in [6.07, 6.45) is 0. The molecule has 3 aromatic rings. The Morgan fingerprint density at radius 3 is 2.82 bits per heavy atom. The van der Waals surface area contributed by atoms with Crippen molar-refractivity contribution >= 4 is 45.7 Å². The summed E-state index contributed by atoms with van der Waals surface area (Å²) < 4.78 is 0. The van der Waals surface area contributed by atoms with Gasteiger partial charge in [0.25, 0.3) is 0 Å². The summed E-state index contributed by atoms with van der Waals surface area (Å²) in [4.78, 5) is 7.85. The van der Waals surface area contributed by atoms with E-state index in [0.29, 0.717) is 10.1 Å². The Hall–Kier alpha value is -2.11. The lowest BCUT2D eigenvalue weighted by Crippen LogP contribution is -2.31. The zero-order chi connectivity index (χ0) is 15.5. The zero-order valence-electron chi connectivity index (χ0n) is 11.9. The first-order valence-electron chi connectivity index (χ1n) is 6.89. The first-order valence-corrected chi connectivity index (χ1v) is 7.68. The quantitative estimate of drug-likeness (QED) is 0.628. The SMILES string of the molecule is CC(NC(=S)Nc1cccc(Cl)c1)c1nc2ccccc2[nH]1. The van der Waals surface area contributed by atoms with Gasteiger partial charge in [-0.1, -0.05) is 29.8 Å². The number of hydrogen-bond acceptors (Lipinski definition) is 2. The van der Waals surface area contributed by atoms with Gasteiger partial charge in [0.15, 0.2) is 5.11 Å². The van der Waals surface area contributed by atoms with Crippen molar-refractivity contribution in [1.82, 2.24) is 15.3 Å². The molecular weight excluding hydrogens is 316 g/mol. The molecule has 1 heterocycles. The number of aromatic nitrogens is 2. The second-order valence-electron chi connectivity index (χ2n) is 4.97.